The van der Waals surface area contributed by atoms with E-state index in [1.807, 2.05) is 0 Å². The van der Waals surface area contributed by atoms with Crippen LogP contribution in [0.2, 0.25) is 5.28 Å². The maximum atomic E-state index is 13.0. The SMILES string of the molecule is O=C(Nc1nc(Cl)ncc1F)C1CC1. The van der Waals surface area contributed by atoms with E-state index in [0.29, 0.717) is 0 Å². The molecule has 0 unspecified atom stereocenters. The Labute approximate surface area is 84.5 Å². The fraction of sp³-hybridized carbons (Fsp3) is 0.375. The van der Waals surface area contributed by atoms with Crippen LogP contribution >= 0.6 is 11.6 Å². The molecule has 4 nitrogen and oxygen atoms in total. The minimum atomic E-state index is -0.677. The van der Waals surface area contributed by atoms with Gasteiger partial charge >= 0.3 is 0 Å². The number of rotatable bonds is 2. The molecule has 0 saturated heterocycles. The lowest BCUT2D eigenvalue weighted by atomic mass is 10.4. The van der Waals surface area contributed by atoms with Gasteiger partial charge in [-0.05, 0) is 24.4 Å². The van der Waals surface area contributed by atoms with Crippen LogP contribution in [0, 0.1) is 11.7 Å². The highest BCUT2D eigenvalue weighted by Crippen LogP contribution is 2.30. The lowest BCUT2D eigenvalue weighted by molar-refractivity contribution is -0.117. The Hall–Kier alpha value is -1.23. The van der Waals surface area contributed by atoms with Crippen molar-refractivity contribution in [3.05, 3.63) is 17.3 Å². The zero-order valence-electron chi connectivity index (χ0n) is 7.13. The average Bonchev–Trinajstić information content (AvgIpc) is 2.94. The van der Waals surface area contributed by atoms with Crippen LogP contribution in [0.3, 0.4) is 0 Å². The van der Waals surface area contributed by atoms with Crippen LogP contribution in [0.4, 0.5) is 10.2 Å². The smallest absolute Gasteiger partial charge is 0.228 e. The van der Waals surface area contributed by atoms with E-state index in [9.17, 15) is 9.18 Å². The van der Waals surface area contributed by atoms with E-state index in [1.165, 1.54) is 0 Å². The number of carbonyl (C=O) groups is 1. The maximum Gasteiger partial charge on any atom is 0.228 e. The Kier molecular flexibility index (Phi) is 2.33. The third kappa shape index (κ3) is 1.98. The van der Waals surface area contributed by atoms with Crippen LogP contribution in [-0.4, -0.2) is 15.9 Å². The number of amides is 1. The zero-order chi connectivity index (χ0) is 10.1. The van der Waals surface area contributed by atoms with E-state index in [-0.39, 0.29) is 22.9 Å². The standard InChI is InChI=1S/C8H7ClFN3O/c9-8-11-3-5(10)6(13-8)12-7(14)4-1-2-4/h3-4H,1-2H2,(H,11,12,13,14). The monoisotopic (exact) mass is 215 g/mol. The molecule has 6 heteroatoms. The summed E-state index contributed by atoms with van der Waals surface area (Å²) in [6, 6.07) is 0. The second kappa shape index (κ2) is 3.49. The molecule has 74 valence electrons. The van der Waals surface area contributed by atoms with Gasteiger partial charge in [0, 0.05) is 5.92 Å². The molecule has 0 aromatic carbocycles. The lowest BCUT2D eigenvalue weighted by Crippen LogP contribution is -2.15. The summed E-state index contributed by atoms with van der Waals surface area (Å²) in [4.78, 5) is 18.3. The molecular weight excluding hydrogens is 209 g/mol. The Morgan fingerprint density at radius 2 is 2.36 bits per heavy atom. The predicted molar refractivity (Wildman–Crippen MR) is 48.4 cm³/mol. The molecule has 1 fully saturated rings. The molecule has 2 rings (SSSR count). The second-order valence-corrected chi connectivity index (χ2v) is 3.44. The summed E-state index contributed by atoms with van der Waals surface area (Å²) in [5.74, 6) is -1.04. The van der Waals surface area contributed by atoms with Gasteiger partial charge in [-0.15, -0.1) is 0 Å². The second-order valence-electron chi connectivity index (χ2n) is 3.10. The van der Waals surface area contributed by atoms with Gasteiger partial charge in [-0.3, -0.25) is 4.79 Å². The summed E-state index contributed by atoms with van der Waals surface area (Å²) in [7, 11) is 0. The number of carbonyl (C=O) groups excluding carboxylic acids is 1. The quantitative estimate of drug-likeness (QED) is 0.763. The topological polar surface area (TPSA) is 54.9 Å². The van der Waals surface area contributed by atoms with Crippen LogP contribution in [0.25, 0.3) is 0 Å². The highest BCUT2D eigenvalue weighted by Gasteiger charge is 2.30. The van der Waals surface area contributed by atoms with E-state index >= 15 is 0 Å². The van der Waals surface area contributed by atoms with Crippen LogP contribution in [0.15, 0.2) is 6.20 Å². The van der Waals surface area contributed by atoms with E-state index in [0.717, 1.165) is 19.0 Å². The number of halogens is 2. The van der Waals surface area contributed by atoms with Gasteiger partial charge in [0.15, 0.2) is 11.6 Å². The van der Waals surface area contributed by atoms with E-state index in [1.54, 1.807) is 0 Å². The minimum absolute atomic E-state index is 0.00291. The Morgan fingerprint density at radius 3 is 3.00 bits per heavy atom. The van der Waals surface area contributed by atoms with Crippen molar-refractivity contribution in [2.45, 2.75) is 12.8 Å². The summed E-state index contributed by atoms with van der Waals surface area (Å²) in [5, 5.41) is 2.28. The number of nitrogens with zero attached hydrogens (tertiary/aromatic N) is 2. The first kappa shape index (κ1) is 9.33. The van der Waals surface area contributed by atoms with Gasteiger partial charge in [-0.1, -0.05) is 0 Å². The third-order valence-corrected chi connectivity index (χ3v) is 2.09. The van der Waals surface area contributed by atoms with Gasteiger partial charge in [0.05, 0.1) is 6.20 Å². The number of nitrogens with one attached hydrogen (secondary N) is 1. The molecule has 1 aromatic rings. The van der Waals surface area contributed by atoms with E-state index in [4.69, 9.17) is 11.6 Å². The van der Waals surface area contributed by atoms with E-state index in [2.05, 4.69) is 15.3 Å². The first-order chi connectivity index (χ1) is 6.66. The molecule has 0 atom stereocenters. The molecule has 1 heterocycles. The highest BCUT2D eigenvalue weighted by molar-refractivity contribution is 6.28. The molecule has 1 amide bonds. The van der Waals surface area contributed by atoms with Crippen molar-refractivity contribution in [2.75, 3.05) is 5.32 Å². The number of hydrogen-bond donors (Lipinski definition) is 1. The van der Waals surface area contributed by atoms with Crippen molar-refractivity contribution >= 4 is 23.3 Å². The Balaban J connectivity index is 2.14. The molecule has 1 N–H and O–H groups in total. The molecule has 0 radical (unpaired) electrons. The summed E-state index contributed by atoms with van der Waals surface area (Å²) < 4.78 is 13.0. The van der Waals surface area contributed by atoms with Gasteiger partial charge in [-0.2, -0.15) is 4.98 Å². The van der Waals surface area contributed by atoms with Crippen LogP contribution in [-0.2, 0) is 4.79 Å². The van der Waals surface area contributed by atoms with Crippen LogP contribution < -0.4 is 5.32 Å². The summed E-state index contributed by atoms with van der Waals surface area (Å²) in [5.41, 5.74) is 0. The average molecular weight is 216 g/mol. The highest BCUT2D eigenvalue weighted by atomic mass is 35.5. The number of anilines is 1. The van der Waals surface area contributed by atoms with E-state index < -0.39 is 5.82 Å². The zero-order valence-corrected chi connectivity index (χ0v) is 7.88. The van der Waals surface area contributed by atoms with Gasteiger partial charge in [0.2, 0.25) is 11.2 Å². The van der Waals surface area contributed by atoms with Crippen molar-refractivity contribution in [1.29, 1.82) is 0 Å². The van der Waals surface area contributed by atoms with Crippen molar-refractivity contribution in [1.82, 2.24) is 9.97 Å². The largest absolute Gasteiger partial charge is 0.308 e. The fourth-order valence-electron chi connectivity index (χ4n) is 0.998. The van der Waals surface area contributed by atoms with Crippen molar-refractivity contribution in [2.24, 2.45) is 5.92 Å². The summed E-state index contributed by atoms with van der Waals surface area (Å²) in [6.45, 7) is 0. The first-order valence-electron chi connectivity index (χ1n) is 4.15. The Bertz CT molecular complexity index is 381. The summed E-state index contributed by atoms with van der Waals surface area (Å²) >= 11 is 5.46. The normalized spacial score (nSPS) is 15.3. The maximum absolute atomic E-state index is 13.0. The predicted octanol–water partition coefficient (Wildman–Crippen LogP) is 1.62. The van der Waals surface area contributed by atoms with Gasteiger partial charge < -0.3 is 5.32 Å². The van der Waals surface area contributed by atoms with Gasteiger partial charge in [0.1, 0.15) is 0 Å². The minimum Gasteiger partial charge on any atom is -0.308 e. The van der Waals surface area contributed by atoms with Crippen LogP contribution in [0.5, 0.6) is 0 Å². The molecule has 1 saturated carbocycles. The molecule has 1 aromatic heterocycles. The van der Waals surface area contributed by atoms with Gasteiger partial charge in [-0.25, -0.2) is 9.37 Å². The van der Waals surface area contributed by atoms with Crippen molar-refractivity contribution in [3.8, 4) is 0 Å². The molecule has 0 bridgehead atoms. The molecular formula is C8H7ClFN3O. The van der Waals surface area contributed by atoms with Crippen LogP contribution in [0.1, 0.15) is 12.8 Å². The molecule has 1 aliphatic carbocycles. The molecule has 1 aliphatic rings. The third-order valence-electron chi connectivity index (χ3n) is 1.90. The fourth-order valence-corrected chi connectivity index (χ4v) is 1.13. The molecule has 0 spiro atoms. The molecule has 14 heavy (non-hydrogen) atoms. The lowest BCUT2D eigenvalue weighted by Gasteiger charge is -2.03. The number of hydrogen-bond acceptors (Lipinski definition) is 3. The summed E-state index contributed by atoms with van der Waals surface area (Å²) in [6.07, 6.45) is 2.64. The van der Waals surface area contributed by atoms with Crippen molar-refractivity contribution < 1.29 is 9.18 Å². The first-order valence-corrected chi connectivity index (χ1v) is 4.53. The van der Waals surface area contributed by atoms with Crippen molar-refractivity contribution in [3.63, 3.8) is 0 Å². The van der Waals surface area contributed by atoms with Gasteiger partial charge in [0.25, 0.3) is 0 Å². The Morgan fingerprint density at radius 1 is 1.64 bits per heavy atom. The molecule has 0 aliphatic heterocycles. The number of aromatic nitrogens is 2.